The summed E-state index contributed by atoms with van der Waals surface area (Å²) in [4.78, 5) is 22.8. The first-order valence-electron chi connectivity index (χ1n) is 7.73. The first-order valence-corrected chi connectivity index (χ1v) is 7.73. The molecule has 128 valence electrons. The maximum Gasteiger partial charge on any atom is 0.302 e. The average molecular weight is 322 g/mol. The van der Waals surface area contributed by atoms with Gasteiger partial charge in [-0.2, -0.15) is 0 Å². The molecule has 0 saturated carbocycles. The van der Waals surface area contributed by atoms with Crippen molar-refractivity contribution in [1.82, 2.24) is 0 Å². The van der Waals surface area contributed by atoms with Gasteiger partial charge in [-0.25, -0.2) is 0 Å². The molecule has 0 fully saturated rings. The van der Waals surface area contributed by atoms with E-state index in [2.05, 4.69) is 0 Å². The second-order valence-corrected chi connectivity index (χ2v) is 5.83. The maximum atomic E-state index is 12.0. The predicted octanol–water partition coefficient (Wildman–Crippen LogP) is 3.14. The molecular weight excluding hydrogens is 296 g/mol. The topological polar surface area (TPSA) is 61.8 Å². The molecule has 0 saturated heterocycles. The lowest BCUT2D eigenvalue weighted by molar-refractivity contribution is -0.141. The molecule has 1 unspecified atom stereocenters. The number of benzene rings is 1. The van der Waals surface area contributed by atoms with E-state index in [1.807, 2.05) is 26.0 Å². The van der Waals surface area contributed by atoms with Crippen LogP contribution in [0.4, 0.5) is 0 Å². The number of aldehydes is 1. The number of rotatable bonds is 9. The van der Waals surface area contributed by atoms with E-state index in [0.717, 1.165) is 11.8 Å². The molecule has 1 aromatic carbocycles. The molecule has 0 aliphatic rings. The van der Waals surface area contributed by atoms with E-state index in [9.17, 15) is 9.59 Å². The normalized spacial score (nSPS) is 13.3. The van der Waals surface area contributed by atoms with Gasteiger partial charge in [-0.05, 0) is 36.5 Å². The minimum absolute atomic E-state index is 0.0930. The first-order chi connectivity index (χ1) is 10.9. The summed E-state index contributed by atoms with van der Waals surface area (Å²) >= 11 is 0. The zero-order valence-electron chi connectivity index (χ0n) is 14.5. The highest BCUT2D eigenvalue weighted by Gasteiger charge is 2.35. The van der Waals surface area contributed by atoms with Gasteiger partial charge in [0.05, 0.1) is 26.2 Å². The number of esters is 1. The van der Waals surface area contributed by atoms with Crippen molar-refractivity contribution in [2.24, 2.45) is 5.92 Å². The Labute approximate surface area is 137 Å². The van der Waals surface area contributed by atoms with Gasteiger partial charge >= 0.3 is 5.97 Å². The molecule has 0 amide bonds. The van der Waals surface area contributed by atoms with Gasteiger partial charge in [-0.3, -0.25) is 4.79 Å². The van der Waals surface area contributed by atoms with Crippen LogP contribution in [0.1, 0.15) is 39.2 Å². The van der Waals surface area contributed by atoms with Gasteiger partial charge in [0.15, 0.2) is 11.5 Å². The number of hydrogen-bond acceptors (Lipinski definition) is 5. The van der Waals surface area contributed by atoms with Gasteiger partial charge < -0.3 is 19.0 Å². The zero-order valence-corrected chi connectivity index (χ0v) is 14.5. The Hall–Kier alpha value is -2.04. The summed E-state index contributed by atoms with van der Waals surface area (Å²) in [5, 5.41) is 0. The molecule has 0 bridgehead atoms. The van der Waals surface area contributed by atoms with Gasteiger partial charge in [-0.1, -0.05) is 19.9 Å². The van der Waals surface area contributed by atoms with Gasteiger partial charge in [0.25, 0.3) is 0 Å². The summed E-state index contributed by atoms with van der Waals surface area (Å²) in [5.41, 5.74) is 0.225. The van der Waals surface area contributed by atoms with Crippen molar-refractivity contribution in [2.45, 2.75) is 39.0 Å². The number of methoxy groups -OCH3 is 2. The minimum Gasteiger partial charge on any atom is -0.493 e. The van der Waals surface area contributed by atoms with Gasteiger partial charge in [0.2, 0.25) is 0 Å². The molecule has 1 rings (SSSR count). The van der Waals surface area contributed by atoms with E-state index in [1.54, 1.807) is 20.3 Å². The van der Waals surface area contributed by atoms with Crippen molar-refractivity contribution in [1.29, 1.82) is 0 Å². The highest BCUT2D eigenvalue weighted by Crippen LogP contribution is 2.39. The Bertz CT molecular complexity index is 538. The molecule has 0 aromatic heterocycles. The summed E-state index contributed by atoms with van der Waals surface area (Å²) in [6.45, 7) is 5.71. The second kappa shape index (κ2) is 8.56. The lowest BCUT2D eigenvalue weighted by Gasteiger charge is -2.33. The molecule has 0 spiro atoms. The van der Waals surface area contributed by atoms with Gasteiger partial charge in [-0.15, -0.1) is 0 Å². The third-order valence-corrected chi connectivity index (χ3v) is 4.20. The summed E-state index contributed by atoms with van der Waals surface area (Å²) < 4.78 is 15.6. The molecule has 0 aliphatic heterocycles. The molecule has 0 aliphatic carbocycles. The molecule has 5 nitrogen and oxygen atoms in total. The third-order valence-electron chi connectivity index (χ3n) is 4.20. The molecular formula is C18H26O5. The maximum absolute atomic E-state index is 12.0. The quantitative estimate of drug-likeness (QED) is 0.397. The average Bonchev–Trinajstić information content (AvgIpc) is 2.54. The zero-order chi connectivity index (χ0) is 17.5. The summed E-state index contributed by atoms with van der Waals surface area (Å²) in [6.07, 6.45) is 2.20. The Balaban J connectivity index is 3.10. The number of ether oxygens (including phenoxy) is 3. The smallest absolute Gasteiger partial charge is 0.302 e. The lowest BCUT2D eigenvalue weighted by atomic mass is 9.70. The van der Waals surface area contributed by atoms with Gasteiger partial charge in [0.1, 0.15) is 6.29 Å². The number of carbonyl (C=O) groups excluding carboxylic acids is 2. The van der Waals surface area contributed by atoms with E-state index in [-0.39, 0.29) is 11.9 Å². The van der Waals surface area contributed by atoms with Crippen LogP contribution in [0.15, 0.2) is 18.2 Å². The highest BCUT2D eigenvalue weighted by atomic mass is 16.5. The number of hydrogen-bond donors (Lipinski definition) is 0. The van der Waals surface area contributed by atoms with Crippen LogP contribution < -0.4 is 9.47 Å². The molecule has 0 heterocycles. The molecule has 23 heavy (non-hydrogen) atoms. The molecule has 0 radical (unpaired) electrons. The van der Waals surface area contributed by atoms with Crippen LogP contribution in [0.3, 0.4) is 0 Å². The first kappa shape index (κ1) is 19.0. The molecule has 1 aromatic rings. The van der Waals surface area contributed by atoms with E-state index < -0.39 is 5.41 Å². The van der Waals surface area contributed by atoms with E-state index in [4.69, 9.17) is 14.2 Å². The van der Waals surface area contributed by atoms with Crippen molar-refractivity contribution in [2.75, 3.05) is 20.8 Å². The molecule has 5 heteroatoms. The van der Waals surface area contributed by atoms with Crippen LogP contribution in [-0.4, -0.2) is 33.1 Å². The summed E-state index contributed by atoms with van der Waals surface area (Å²) in [5.74, 6) is 1.00. The largest absolute Gasteiger partial charge is 0.493 e. The Kier molecular flexibility index (Phi) is 7.07. The molecule has 1 atom stereocenters. The fraction of sp³-hybridized carbons (Fsp3) is 0.556. The monoisotopic (exact) mass is 322 g/mol. The fourth-order valence-electron chi connectivity index (χ4n) is 2.74. The van der Waals surface area contributed by atoms with Crippen LogP contribution >= 0.6 is 0 Å². The SMILES string of the molecule is COc1ccc(C(C=O)(CCCOC(C)=O)C(C)C)cc1OC. The lowest BCUT2D eigenvalue weighted by Crippen LogP contribution is -2.34. The van der Waals surface area contributed by atoms with Crippen molar-refractivity contribution in [3.63, 3.8) is 0 Å². The van der Waals surface area contributed by atoms with E-state index in [0.29, 0.717) is 30.9 Å². The van der Waals surface area contributed by atoms with Crippen LogP contribution in [0.25, 0.3) is 0 Å². The predicted molar refractivity (Wildman–Crippen MR) is 88.0 cm³/mol. The second-order valence-electron chi connectivity index (χ2n) is 5.83. The van der Waals surface area contributed by atoms with E-state index in [1.165, 1.54) is 6.92 Å². The van der Waals surface area contributed by atoms with E-state index >= 15 is 0 Å². The van der Waals surface area contributed by atoms with Crippen molar-refractivity contribution >= 4 is 12.3 Å². The van der Waals surface area contributed by atoms with Gasteiger partial charge in [0, 0.05) is 6.92 Å². The highest BCUT2D eigenvalue weighted by molar-refractivity contribution is 5.70. The van der Waals surface area contributed by atoms with Crippen molar-refractivity contribution < 1.29 is 23.8 Å². The standard InChI is InChI=1S/C18H26O5/c1-13(2)18(12-19,9-6-10-23-14(3)20)15-7-8-16(21-4)17(11-15)22-5/h7-8,11-13H,6,9-10H2,1-5H3. The van der Waals surface area contributed by atoms with Crippen LogP contribution in [0.2, 0.25) is 0 Å². The summed E-state index contributed by atoms with van der Waals surface area (Å²) in [7, 11) is 3.15. The number of carbonyl (C=O) groups is 2. The van der Waals surface area contributed by atoms with Crippen molar-refractivity contribution in [3.8, 4) is 11.5 Å². The molecule has 0 N–H and O–H groups in total. The Morgan fingerprint density at radius 1 is 1.22 bits per heavy atom. The Morgan fingerprint density at radius 3 is 2.35 bits per heavy atom. The van der Waals surface area contributed by atoms with Crippen LogP contribution in [-0.2, 0) is 19.7 Å². The van der Waals surface area contributed by atoms with Crippen LogP contribution in [0.5, 0.6) is 11.5 Å². The minimum atomic E-state index is -0.653. The van der Waals surface area contributed by atoms with Crippen molar-refractivity contribution in [3.05, 3.63) is 23.8 Å². The third kappa shape index (κ3) is 4.47. The summed E-state index contributed by atoms with van der Waals surface area (Å²) in [6, 6.07) is 5.54. The Morgan fingerprint density at radius 2 is 1.87 bits per heavy atom. The fourth-order valence-corrected chi connectivity index (χ4v) is 2.74. The van der Waals surface area contributed by atoms with Crippen LogP contribution in [0, 0.1) is 5.92 Å².